The zero-order valence-electron chi connectivity index (χ0n) is 17.7. The van der Waals surface area contributed by atoms with Crippen LogP contribution in [0, 0.1) is 0 Å². The largest absolute Gasteiger partial charge is 0.443 e. The number of thioether (sulfide) groups is 1. The summed E-state index contributed by atoms with van der Waals surface area (Å²) in [6.07, 6.45) is 3.12. The number of anilines is 1. The zero-order chi connectivity index (χ0) is 21.6. The van der Waals surface area contributed by atoms with Gasteiger partial charge in [0.05, 0.1) is 11.9 Å². The van der Waals surface area contributed by atoms with E-state index in [2.05, 4.69) is 10.2 Å². The van der Waals surface area contributed by atoms with Gasteiger partial charge in [-0.3, -0.25) is 4.90 Å². The van der Waals surface area contributed by atoms with Crippen molar-refractivity contribution >= 4 is 34.9 Å². The number of hydrogen-bond donors (Lipinski definition) is 1. The third-order valence-corrected chi connectivity index (χ3v) is 5.30. The first kappa shape index (κ1) is 21.9. The minimum atomic E-state index is -0.549. The molecule has 0 atom stereocenters. The highest BCUT2D eigenvalue weighted by atomic mass is 32.2. The van der Waals surface area contributed by atoms with Crippen molar-refractivity contribution in [2.75, 3.05) is 11.4 Å². The van der Waals surface area contributed by atoms with Gasteiger partial charge in [-0.15, -0.1) is 5.10 Å². The Kier molecular flexibility index (Phi) is 7.15. The van der Waals surface area contributed by atoms with Gasteiger partial charge in [-0.05, 0) is 44.7 Å². The van der Waals surface area contributed by atoms with Gasteiger partial charge in [0.15, 0.2) is 5.17 Å². The van der Waals surface area contributed by atoms with Crippen LogP contribution in [-0.2, 0) is 16.9 Å². The fraction of sp³-hybridized carbons (Fsp3) is 0.348. The van der Waals surface area contributed by atoms with Gasteiger partial charge >= 0.3 is 6.09 Å². The van der Waals surface area contributed by atoms with Crippen molar-refractivity contribution in [1.29, 1.82) is 0 Å². The SMILES string of the molecule is CC(C)(C)OC(=O)N1CCCc2cccc(C=NN=C(N)SCc3ccccc3)c21. The van der Waals surface area contributed by atoms with Crippen LogP contribution in [0.2, 0.25) is 0 Å². The van der Waals surface area contributed by atoms with Gasteiger partial charge in [0.25, 0.3) is 0 Å². The van der Waals surface area contributed by atoms with Crippen molar-refractivity contribution in [3.05, 3.63) is 65.2 Å². The molecule has 0 saturated heterocycles. The molecule has 158 valence electrons. The third kappa shape index (κ3) is 6.10. The quantitative estimate of drug-likeness (QED) is 0.427. The van der Waals surface area contributed by atoms with Crippen molar-refractivity contribution in [1.82, 2.24) is 0 Å². The van der Waals surface area contributed by atoms with E-state index in [9.17, 15) is 4.79 Å². The minimum Gasteiger partial charge on any atom is -0.443 e. The molecule has 2 aromatic carbocycles. The van der Waals surface area contributed by atoms with E-state index in [1.807, 2.05) is 69.3 Å². The van der Waals surface area contributed by atoms with Gasteiger partial charge in [-0.25, -0.2) is 4.79 Å². The number of para-hydroxylation sites is 1. The Morgan fingerprint density at radius 2 is 1.97 bits per heavy atom. The number of carbonyl (C=O) groups is 1. The highest BCUT2D eigenvalue weighted by Gasteiger charge is 2.28. The van der Waals surface area contributed by atoms with Crippen molar-refractivity contribution in [3.8, 4) is 0 Å². The summed E-state index contributed by atoms with van der Waals surface area (Å²) in [7, 11) is 0. The molecule has 1 amide bonds. The van der Waals surface area contributed by atoms with E-state index in [0.717, 1.165) is 35.4 Å². The number of amidine groups is 1. The second-order valence-corrected chi connectivity index (χ2v) is 9.04. The topological polar surface area (TPSA) is 80.3 Å². The normalized spacial score (nSPS) is 14.6. The van der Waals surface area contributed by atoms with Crippen molar-refractivity contribution < 1.29 is 9.53 Å². The van der Waals surface area contributed by atoms with Crippen LogP contribution in [0.25, 0.3) is 0 Å². The number of benzene rings is 2. The second-order valence-electron chi connectivity index (χ2n) is 8.05. The lowest BCUT2D eigenvalue weighted by Gasteiger charge is -2.32. The van der Waals surface area contributed by atoms with E-state index in [4.69, 9.17) is 10.5 Å². The Hall–Kier alpha value is -2.80. The molecule has 0 spiro atoms. The summed E-state index contributed by atoms with van der Waals surface area (Å²) >= 11 is 1.43. The molecule has 1 aliphatic rings. The van der Waals surface area contributed by atoms with E-state index >= 15 is 0 Å². The van der Waals surface area contributed by atoms with Gasteiger partial charge in [-0.1, -0.05) is 60.3 Å². The number of fused-ring (bicyclic) bond motifs is 1. The van der Waals surface area contributed by atoms with Crippen LogP contribution >= 0.6 is 11.8 Å². The summed E-state index contributed by atoms with van der Waals surface area (Å²) in [6, 6.07) is 16.0. The maximum atomic E-state index is 12.7. The lowest BCUT2D eigenvalue weighted by atomic mass is 9.98. The predicted molar refractivity (Wildman–Crippen MR) is 125 cm³/mol. The molecular formula is C23H28N4O2S. The molecule has 0 fully saturated rings. The van der Waals surface area contributed by atoms with E-state index in [-0.39, 0.29) is 6.09 Å². The molecule has 2 aromatic rings. The Bertz CT molecular complexity index is 936. The van der Waals surface area contributed by atoms with Crippen LogP contribution < -0.4 is 10.6 Å². The summed E-state index contributed by atoms with van der Waals surface area (Å²) in [5.41, 5.74) is 9.37. The molecule has 1 heterocycles. The first-order chi connectivity index (χ1) is 14.3. The maximum absolute atomic E-state index is 12.7. The van der Waals surface area contributed by atoms with E-state index in [1.165, 1.54) is 17.3 Å². The number of nitrogens with zero attached hydrogens (tertiary/aromatic N) is 3. The second kappa shape index (κ2) is 9.80. The maximum Gasteiger partial charge on any atom is 0.414 e. The summed E-state index contributed by atoms with van der Waals surface area (Å²) in [6.45, 7) is 6.22. The Labute approximate surface area is 182 Å². The number of nitrogens with two attached hydrogens (primary N) is 1. The zero-order valence-corrected chi connectivity index (χ0v) is 18.5. The lowest BCUT2D eigenvalue weighted by molar-refractivity contribution is 0.0578. The Balaban J connectivity index is 1.74. The fourth-order valence-corrected chi connectivity index (χ4v) is 3.81. The van der Waals surface area contributed by atoms with Crippen LogP contribution in [0.1, 0.15) is 43.9 Å². The smallest absolute Gasteiger partial charge is 0.414 e. The number of rotatable bonds is 4. The molecule has 7 heteroatoms. The molecule has 0 aromatic heterocycles. The first-order valence-electron chi connectivity index (χ1n) is 9.99. The number of hydrogen-bond acceptors (Lipinski definition) is 5. The van der Waals surface area contributed by atoms with Crippen molar-refractivity contribution in [2.45, 2.75) is 45.0 Å². The number of aryl methyl sites for hydroxylation is 1. The van der Waals surface area contributed by atoms with Crippen LogP contribution in [0.4, 0.5) is 10.5 Å². The summed E-state index contributed by atoms with van der Waals surface area (Å²) in [4.78, 5) is 14.4. The lowest BCUT2D eigenvalue weighted by Crippen LogP contribution is -2.40. The minimum absolute atomic E-state index is 0.342. The van der Waals surface area contributed by atoms with Gasteiger partial charge < -0.3 is 10.5 Å². The molecule has 1 aliphatic heterocycles. The van der Waals surface area contributed by atoms with Crippen LogP contribution in [-0.4, -0.2) is 29.6 Å². The molecular weight excluding hydrogens is 396 g/mol. The van der Waals surface area contributed by atoms with Crippen molar-refractivity contribution in [2.24, 2.45) is 15.9 Å². The van der Waals surface area contributed by atoms with Crippen LogP contribution in [0.15, 0.2) is 58.7 Å². The highest BCUT2D eigenvalue weighted by Crippen LogP contribution is 2.31. The van der Waals surface area contributed by atoms with Gasteiger partial charge in [0.2, 0.25) is 0 Å². The molecule has 0 aliphatic carbocycles. The summed E-state index contributed by atoms with van der Waals surface area (Å²) in [5.74, 6) is 0.735. The molecule has 30 heavy (non-hydrogen) atoms. The van der Waals surface area contributed by atoms with E-state index in [0.29, 0.717) is 11.7 Å². The summed E-state index contributed by atoms with van der Waals surface area (Å²) in [5, 5.41) is 8.67. The predicted octanol–water partition coefficient (Wildman–Crippen LogP) is 4.96. The highest BCUT2D eigenvalue weighted by molar-refractivity contribution is 8.13. The Morgan fingerprint density at radius 3 is 2.70 bits per heavy atom. The Morgan fingerprint density at radius 1 is 1.20 bits per heavy atom. The van der Waals surface area contributed by atoms with E-state index < -0.39 is 5.60 Å². The fourth-order valence-electron chi connectivity index (χ4n) is 3.19. The van der Waals surface area contributed by atoms with E-state index in [1.54, 1.807) is 11.1 Å². The van der Waals surface area contributed by atoms with Gasteiger partial charge in [0, 0.05) is 17.9 Å². The number of amides is 1. The van der Waals surface area contributed by atoms with Crippen molar-refractivity contribution in [3.63, 3.8) is 0 Å². The monoisotopic (exact) mass is 424 g/mol. The average molecular weight is 425 g/mol. The molecule has 0 radical (unpaired) electrons. The molecule has 0 bridgehead atoms. The average Bonchev–Trinajstić information content (AvgIpc) is 2.71. The van der Waals surface area contributed by atoms with Crippen LogP contribution in [0.5, 0.6) is 0 Å². The number of carbonyl (C=O) groups excluding carboxylic acids is 1. The molecule has 0 saturated carbocycles. The standard InChI is InChI=1S/C23H28N4O2S/c1-23(2,3)29-22(28)27-14-8-13-18-11-7-12-19(20(18)27)15-25-26-21(24)30-16-17-9-5-4-6-10-17/h4-7,9-12,15H,8,13-14,16H2,1-3H3,(H2,24,26). The molecule has 3 rings (SSSR count). The molecule has 2 N–H and O–H groups in total. The third-order valence-electron chi connectivity index (χ3n) is 4.45. The first-order valence-corrected chi connectivity index (χ1v) is 11.0. The molecule has 0 unspecified atom stereocenters. The summed E-state index contributed by atoms with van der Waals surface area (Å²) < 4.78 is 5.60. The molecule has 6 nitrogen and oxygen atoms in total. The van der Waals surface area contributed by atoms with Crippen LogP contribution in [0.3, 0.4) is 0 Å². The van der Waals surface area contributed by atoms with Gasteiger partial charge in [-0.2, -0.15) is 5.10 Å². The van der Waals surface area contributed by atoms with Gasteiger partial charge in [0.1, 0.15) is 5.60 Å². The number of ether oxygens (including phenoxy) is 1.